The van der Waals surface area contributed by atoms with E-state index in [-0.39, 0.29) is 22.9 Å². The summed E-state index contributed by atoms with van der Waals surface area (Å²) in [5, 5.41) is 5.75. The number of nitrogens with one attached hydrogen (secondary N) is 3. The number of imide groups is 1. The van der Waals surface area contributed by atoms with Gasteiger partial charge in [-0.25, -0.2) is 17.9 Å². The molecule has 1 saturated carbocycles. The van der Waals surface area contributed by atoms with Gasteiger partial charge in [0.2, 0.25) is 15.9 Å². The van der Waals surface area contributed by atoms with Crippen molar-refractivity contribution in [3.63, 3.8) is 0 Å². The van der Waals surface area contributed by atoms with E-state index >= 15 is 0 Å². The average molecular weight is 457 g/mol. The molecule has 3 N–H and O–H groups in total. The van der Waals surface area contributed by atoms with Crippen molar-refractivity contribution in [2.45, 2.75) is 68.5 Å². The van der Waals surface area contributed by atoms with Gasteiger partial charge in [0.25, 0.3) is 0 Å². The molecule has 8 nitrogen and oxygen atoms in total. The Morgan fingerprint density at radius 1 is 1.03 bits per heavy atom. The standard InChI is InChI=1S/C20H29ClN4O4S/c1-14(19(26)23-20(27)22-16-4-2-3-5-16)25-12-10-17(11-13-25)24-30(28,29)18-8-6-15(21)7-9-18/h6-9,14,16-17,24H,2-5,10-13H2,1H3,(H2,22,23,26,27). The maximum absolute atomic E-state index is 12.5. The molecule has 2 fully saturated rings. The third-order valence-corrected chi connectivity index (χ3v) is 7.62. The topological polar surface area (TPSA) is 108 Å². The highest BCUT2D eigenvalue weighted by Gasteiger charge is 2.30. The molecule has 10 heteroatoms. The number of benzene rings is 1. The third kappa shape index (κ3) is 6.16. The van der Waals surface area contributed by atoms with Crippen LogP contribution in [-0.2, 0) is 14.8 Å². The van der Waals surface area contributed by atoms with Crippen LogP contribution in [0.2, 0.25) is 5.02 Å². The predicted octanol–water partition coefficient (Wildman–Crippen LogP) is 2.24. The smallest absolute Gasteiger partial charge is 0.321 e. The lowest BCUT2D eigenvalue weighted by Gasteiger charge is -2.35. The SMILES string of the molecule is CC(C(=O)NC(=O)NC1CCCC1)N1CCC(NS(=O)(=O)c2ccc(Cl)cc2)CC1. The molecule has 3 rings (SSSR count). The maximum atomic E-state index is 12.5. The summed E-state index contributed by atoms with van der Waals surface area (Å²) in [5.41, 5.74) is 0. The van der Waals surface area contributed by atoms with Crippen LogP contribution in [0.25, 0.3) is 0 Å². The quantitative estimate of drug-likeness (QED) is 0.608. The molecule has 0 radical (unpaired) electrons. The van der Waals surface area contributed by atoms with Gasteiger partial charge in [0.15, 0.2) is 0 Å². The Morgan fingerprint density at radius 3 is 2.23 bits per heavy atom. The van der Waals surface area contributed by atoms with E-state index in [9.17, 15) is 18.0 Å². The first kappa shape index (κ1) is 23.0. The number of piperidine rings is 1. The van der Waals surface area contributed by atoms with E-state index in [1.54, 1.807) is 19.1 Å². The highest BCUT2D eigenvalue weighted by atomic mass is 35.5. The van der Waals surface area contributed by atoms with Gasteiger partial charge in [-0.05, 0) is 56.9 Å². The van der Waals surface area contributed by atoms with Gasteiger partial charge in [-0.1, -0.05) is 24.4 Å². The van der Waals surface area contributed by atoms with Crippen LogP contribution < -0.4 is 15.4 Å². The minimum absolute atomic E-state index is 0.150. The zero-order valence-electron chi connectivity index (χ0n) is 17.1. The number of nitrogens with zero attached hydrogens (tertiary/aromatic N) is 1. The Balaban J connectivity index is 1.45. The summed E-state index contributed by atoms with van der Waals surface area (Å²) >= 11 is 5.82. The zero-order chi connectivity index (χ0) is 21.7. The Kier molecular flexibility index (Phi) is 7.73. The predicted molar refractivity (Wildman–Crippen MR) is 115 cm³/mol. The highest BCUT2D eigenvalue weighted by molar-refractivity contribution is 7.89. The Hall–Kier alpha value is -1.68. The van der Waals surface area contributed by atoms with Crippen LogP contribution in [0.1, 0.15) is 45.4 Å². The fraction of sp³-hybridized carbons (Fsp3) is 0.600. The number of halogens is 1. The monoisotopic (exact) mass is 456 g/mol. The largest absolute Gasteiger partial charge is 0.335 e. The average Bonchev–Trinajstić information content (AvgIpc) is 3.21. The van der Waals surface area contributed by atoms with Crippen molar-refractivity contribution in [3.8, 4) is 0 Å². The zero-order valence-corrected chi connectivity index (χ0v) is 18.6. The van der Waals surface area contributed by atoms with Crippen molar-refractivity contribution < 1.29 is 18.0 Å². The van der Waals surface area contributed by atoms with Gasteiger partial charge in [0, 0.05) is 30.2 Å². The van der Waals surface area contributed by atoms with Crippen LogP contribution in [0.5, 0.6) is 0 Å². The number of likely N-dealkylation sites (tertiary alicyclic amines) is 1. The lowest BCUT2D eigenvalue weighted by molar-refractivity contribution is -0.125. The molecular weight excluding hydrogens is 428 g/mol. The molecule has 3 amide bonds. The summed E-state index contributed by atoms with van der Waals surface area (Å²) in [6.45, 7) is 2.88. The van der Waals surface area contributed by atoms with Crippen molar-refractivity contribution in [2.75, 3.05) is 13.1 Å². The summed E-state index contributed by atoms with van der Waals surface area (Å²) in [4.78, 5) is 26.6. The molecule has 0 aromatic heterocycles. The molecule has 1 unspecified atom stereocenters. The minimum atomic E-state index is -3.62. The van der Waals surface area contributed by atoms with E-state index in [1.165, 1.54) is 12.1 Å². The van der Waals surface area contributed by atoms with Crippen molar-refractivity contribution >= 4 is 33.6 Å². The molecule has 1 heterocycles. The fourth-order valence-electron chi connectivity index (χ4n) is 3.98. The molecule has 1 saturated heterocycles. The number of hydrogen-bond donors (Lipinski definition) is 3. The van der Waals surface area contributed by atoms with Crippen LogP contribution in [-0.4, -0.2) is 56.5 Å². The normalized spacial score (nSPS) is 20.1. The Bertz CT molecular complexity index is 848. The van der Waals surface area contributed by atoms with E-state index in [2.05, 4.69) is 15.4 Å². The van der Waals surface area contributed by atoms with Crippen molar-refractivity contribution in [1.82, 2.24) is 20.3 Å². The van der Waals surface area contributed by atoms with E-state index < -0.39 is 22.1 Å². The Morgan fingerprint density at radius 2 is 1.63 bits per heavy atom. The van der Waals surface area contributed by atoms with Crippen LogP contribution in [0.15, 0.2) is 29.2 Å². The molecule has 2 aliphatic rings. The fourth-order valence-corrected chi connectivity index (χ4v) is 5.41. The van der Waals surface area contributed by atoms with Gasteiger partial charge in [-0.15, -0.1) is 0 Å². The molecule has 1 aliphatic carbocycles. The van der Waals surface area contributed by atoms with Gasteiger partial charge in [0.05, 0.1) is 10.9 Å². The van der Waals surface area contributed by atoms with Gasteiger partial charge in [-0.2, -0.15) is 0 Å². The van der Waals surface area contributed by atoms with Crippen molar-refractivity contribution in [3.05, 3.63) is 29.3 Å². The molecular formula is C20H29ClN4O4S. The second-order valence-corrected chi connectivity index (χ2v) is 10.2. The van der Waals surface area contributed by atoms with E-state index in [0.717, 1.165) is 25.7 Å². The number of sulfonamides is 1. The maximum Gasteiger partial charge on any atom is 0.321 e. The lowest BCUT2D eigenvalue weighted by Crippen LogP contribution is -2.54. The first-order chi connectivity index (χ1) is 14.2. The molecule has 0 spiro atoms. The van der Waals surface area contributed by atoms with Crippen molar-refractivity contribution in [2.24, 2.45) is 0 Å². The first-order valence-electron chi connectivity index (χ1n) is 10.4. The second-order valence-electron chi connectivity index (χ2n) is 8.01. The molecule has 30 heavy (non-hydrogen) atoms. The molecule has 0 bridgehead atoms. The number of carbonyl (C=O) groups is 2. The highest BCUT2D eigenvalue weighted by Crippen LogP contribution is 2.19. The van der Waals surface area contributed by atoms with Crippen LogP contribution >= 0.6 is 11.6 Å². The van der Waals surface area contributed by atoms with E-state index in [4.69, 9.17) is 11.6 Å². The van der Waals surface area contributed by atoms with Gasteiger partial charge in [0.1, 0.15) is 0 Å². The molecule has 1 aromatic rings. The van der Waals surface area contributed by atoms with Crippen LogP contribution in [0, 0.1) is 0 Å². The molecule has 1 aromatic carbocycles. The van der Waals surface area contributed by atoms with Gasteiger partial charge < -0.3 is 5.32 Å². The van der Waals surface area contributed by atoms with Gasteiger partial charge in [-0.3, -0.25) is 15.0 Å². The van der Waals surface area contributed by atoms with E-state index in [0.29, 0.717) is 31.0 Å². The number of hydrogen-bond acceptors (Lipinski definition) is 5. The number of carbonyl (C=O) groups excluding carboxylic acids is 2. The summed E-state index contributed by atoms with van der Waals surface area (Å²) in [5.74, 6) is -0.342. The van der Waals surface area contributed by atoms with Crippen LogP contribution in [0.3, 0.4) is 0 Å². The summed E-state index contributed by atoms with van der Waals surface area (Å²) in [6.07, 6.45) is 5.28. The van der Waals surface area contributed by atoms with Gasteiger partial charge >= 0.3 is 6.03 Å². The van der Waals surface area contributed by atoms with Crippen molar-refractivity contribution in [1.29, 1.82) is 0 Å². The first-order valence-corrected chi connectivity index (χ1v) is 12.2. The molecule has 1 atom stereocenters. The summed E-state index contributed by atoms with van der Waals surface area (Å²) in [6, 6.07) is 5.08. The minimum Gasteiger partial charge on any atom is -0.335 e. The Labute approximate surface area is 182 Å². The molecule has 166 valence electrons. The number of urea groups is 1. The third-order valence-electron chi connectivity index (χ3n) is 5.83. The van der Waals surface area contributed by atoms with Crippen LogP contribution in [0.4, 0.5) is 4.79 Å². The number of amides is 3. The summed E-state index contributed by atoms with van der Waals surface area (Å²) in [7, 11) is -3.62. The lowest BCUT2D eigenvalue weighted by atomic mass is 10.0. The number of rotatable bonds is 6. The van der Waals surface area contributed by atoms with E-state index in [1.807, 2.05) is 4.90 Å². The summed E-state index contributed by atoms with van der Waals surface area (Å²) < 4.78 is 27.8. The molecule has 1 aliphatic heterocycles. The second kappa shape index (κ2) is 10.1.